The maximum Gasteiger partial charge on any atom is 0.416 e. The number of nitrogens with zero attached hydrogens (tertiary/aromatic N) is 3. The molecule has 0 fully saturated rings. The minimum Gasteiger partial charge on any atom is -0.349 e. The van der Waals surface area contributed by atoms with Crippen LogP contribution < -0.4 is 10.6 Å². The number of hydrogen-bond acceptors (Lipinski definition) is 5. The molecule has 2 N–H and O–H groups in total. The van der Waals surface area contributed by atoms with Gasteiger partial charge in [-0.1, -0.05) is 18.3 Å². The summed E-state index contributed by atoms with van der Waals surface area (Å²) in [4.78, 5) is 13.6. The maximum absolute atomic E-state index is 13.1. The summed E-state index contributed by atoms with van der Waals surface area (Å²) in [5.41, 5.74) is 3.92. The lowest BCUT2D eigenvalue weighted by atomic mass is 10.0. The quantitative estimate of drug-likeness (QED) is 0.560. The highest BCUT2D eigenvalue weighted by Gasteiger charge is 2.32. The van der Waals surface area contributed by atoms with Crippen molar-refractivity contribution in [2.75, 3.05) is 10.6 Å². The lowest BCUT2D eigenvalue weighted by Crippen LogP contribution is -2.11. The van der Waals surface area contributed by atoms with E-state index in [1.165, 1.54) is 6.07 Å². The van der Waals surface area contributed by atoms with Crippen molar-refractivity contribution < 1.29 is 13.2 Å². The van der Waals surface area contributed by atoms with E-state index in [4.69, 9.17) is 12.2 Å². The highest BCUT2D eigenvalue weighted by Crippen LogP contribution is 2.38. The van der Waals surface area contributed by atoms with Crippen molar-refractivity contribution in [1.29, 1.82) is 0 Å². The van der Waals surface area contributed by atoms with Crippen LogP contribution in [0.15, 0.2) is 36.7 Å². The Morgan fingerprint density at radius 3 is 2.66 bits per heavy atom. The largest absolute Gasteiger partial charge is 0.416 e. The Balaban J connectivity index is 1.81. The van der Waals surface area contributed by atoms with Crippen molar-refractivity contribution >= 4 is 34.5 Å². The molecular formula is C20H16F3N5S. The van der Waals surface area contributed by atoms with E-state index >= 15 is 0 Å². The standard InChI is InChI=1S/C20H16F3N5S/c1-10-5-6-24-11(2)17(10)27-19-25-9-12-7-16(29)26-15-8-13(20(21,22)23)3-4-14(15)18(12)28-19/h3-6,8-9H,7H2,1-2H3,(H,26,29)(H,25,27,28). The summed E-state index contributed by atoms with van der Waals surface area (Å²) >= 11 is 5.28. The van der Waals surface area contributed by atoms with Crippen LogP contribution in [0.1, 0.15) is 22.4 Å². The molecule has 0 radical (unpaired) electrons. The highest BCUT2D eigenvalue weighted by molar-refractivity contribution is 7.80. The molecule has 29 heavy (non-hydrogen) atoms. The molecule has 3 heterocycles. The van der Waals surface area contributed by atoms with Gasteiger partial charge in [-0.3, -0.25) is 4.98 Å². The van der Waals surface area contributed by atoms with E-state index < -0.39 is 11.7 Å². The zero-order chi connectivity index (χ0) is 20.8. The molecule has 2 aromatic heterocycles. The van der Waals surface area contributed by atoms with Crippen LogP contribution in [0.4, 0.5) is 30.5 Å². The second-order valence-corrected chi connectivity index (χ2v) is 7.26. The van der Waals surface area contributed by atoms with E-state index in [2.05, 4.69) is 25.6 Å². The predicted molar refractivity (Wildman–Crippen MR) is 109 cm³/mol. The fourth-order valence-electron chi connectivity index (χ4n) is 3.22. The summed E-state index contributed by atoms with van der Waals surface area (Å²) in [5.74, 6) is 0.335. The van der Waals surface area contributed by atoms with Gasteiger partial charge in [-0.05, 0) is 37.6 Å². The molecule has 0 amide bonds. The van der Waals surface area contributed by atoms with Crippen LogP contribution in [0.25, 0.3) is 11.3 Å². The molecule has 0 saturated carbocycles. The first-order valence-corrected chi connectivity index (χ1v) is 9.20. The number of pyridine rings is 1. The number of benzene rings is 1. The van der Waals surface area contributed by atoms with Crippen LogP contribution in [0, 0.1) is 13.8 Å². The molecule has 1 aromatic carbocycles. The summed E-state index contributed by atoms with van der Waals surface area (Å²) < 4.78 is 39.4. The first-order chi connectivity index (χ1) is 13.7. The SMILES string of the molecule is Cc1ccnc(C)c1Nc1ncc2c(n1)-c1ccc(C(F)(F)F)cc1NC(=S)C2. The molecule has 0 aliphatic carbocycles. The molecule has 3 aromatic rings. The zero-order valence-corrected chi connectivity index (χ0v) is 16.4. The Kier molecular flexibility index (Phi) is 4.70. The topological polar surface area (TPSA) is 62.7 Å². The fraction of sp³-hybridized carbons (Fsp3) is 0.200. The normalized spacial score (nSPS) is 13.2. The summed E-state index contributed by atoms with van der Waals surface area (Å²) in [5, 5.41) is 6.07. The van der Waals surface area contributed by atoms with Crippen LogP contribution in [0.2, 0.25) is 0 Å². The van der Waals surface area contributed by atoms with Crippen LogP contribution in [0.5, 0.6) is 0 Å². The predicted octanol–water partition coefficient (Wildman–Crippen LogP) is 5.21. The van der Waals surface area contributed by atoms with Crippen LogP contribution in [-0.2, 0) is 12.6 Å². The van der Waals surface area contributed by atoms with E-state index in [0.29, 0.717) is 28.6 Å². The average molecular weight is 415 g/mol. The van der Waals surface area contributed by atoms with E-state index in [9.17, 15) is 13.2 Å². The van der Waals surface area contributed by atoms with Crippen molar-refractivity contribution in [2.24, 2.45) is 0 Å². The summed E-state index contributed by atoms with van der Waals surface area (Å²) in [7, 11) is 0. The number of nitrogens with one attached hydrogen (secondary N) is 2. The highest BCUT2D eigenvalue weighted by atomic mass is 32.1. The molecule has 4 rings (SSSR count). The summed E-state index contributed by atoms with van der Waals surface area (Å²) in [6.07, 6.45) is -0.742. The smallest absolute Gasteiger partial charge is 0.349 e. The zero-order valence-electron chi connectivity index (χ0n) is 15.6. The van der Waals surface area contributed by atoms with Crippen molar-refractivity contribution in [1.82, 2.24) is 15.0 Å². The molecule has 148 valence electrons. The third-order valence-electron chi connectivity index (χ3n) is 4.68. The number of thiocarbonyl (C=S) groups is 1. The van der Waals surface area contributed by atoms with E-state index in [-0.39, 0.29) is 5.69 Å². The minimum absolute atomic E-state index is 0.280. The molecule has 1 aliphatic rings. The second-order valence-electron chi connectivity index (χ2n) is 6.76. The summed E-state index contributed by atoms with van der Waals surface area (Å²) in [6, 6.07) is 5.38. The number of hydrogen-bond donors (Lipinski definition) is 2. The van der Waals surface area contributed by atoms with Crippen LogP contribution in [0.3, 0.4) is 0 Å². The van der Waals surface area contributed by atoms with Gasteiger partial charge in [0.05, 0.1) is 27.6 Å². The number of rotatable bonds is 2. The first-order valence-electron chi connectivity index (χ1n) is 8.79. The van der Waals surface area contributed by atoms with Crippen LogP contribution in [-0.4, -0.2) is 19.9 Å². The third kappa shape index (κ3) is 3.77. The Morgan fingerprint density at radius 1 is 1.14 bits per heavy atom. The van der Waals surface area contributed by atoms with Gasteiger partial charge in [0.15, 0.2) is 0 Å². The molecule has 0 bridgehead atoms. The van der Waals surface area contributed by atoms with E-state index in [1.54, 1.807) is 12.4 Å². The van der Waals surface area contributed by atoms with E-state index in [0.717, 1.165) is 34.6 Å². The Morgan fingerprint density at radius 2 is 1.93 bits per heavy atom. The number of aryl methyl sites for hydroxylation is 2. The summed E-state index contributed by atoms with van der Waals surface area (Å²) in [6.45, 7) is 3.81. The Hall–Kier alpha value is -3.07. The molecule has 9 heteroatoms. The monoisotopic (exact) mass is 415 g/mol. The maximum atomic E-state index is 13.1. The lowest BCUT2D eigenvalue weighted by Gasteiger charge is -2.14. The average Bonchev–Trinajstić information content (AvgIpc) is 2.78. The number of fused-ring (bicyclic) bond motifs is 3. The van der Waals surface area contributed by atoms with Gasteiger partial charge in [0, 0.05) is 35.6 Å². The Labute approximate surface area is 170 Å². The number of anilines is 3. The minimum atomic E-state index is -4.44. The van der Waals surface area contributed by atoms with Gasteiger partial charge in [-0.15, -0.1) is 0 Å². The number of alkyl halides is 3. The van der Waals surface area contributed by atoms with Gasteiger partial charge in [0.25, 0.3) is 0 Å². The van der Waals surface area contributed by atoms with Gasteiger partial charge >= 0.3 is 6.18 Å². The second kappa shape index (κ2) is 7.07. The first kappa shape index (κ1) is 19.3. The fourth-order valence-corrected chi connectivity index (χ4v) is 3.49. The van der Waals surface area contributed by atoms with Crippen molar-refractivity contribution in [2.45, 2.75) is 26.4 Å². The number of aromatic nitrogens is 3. The Bertz CT molecular complexity index is 1110. The van der Waals surface area contributed by atoms with Crippen molar-refractivity contribution in [3.05, 3.63) is 59.0 Å². The molecule has 5 nitrogen and oxygen atoms in total. The lowest BCUT2D eigenvalue weighted by molar-refractivity contribution is -0.137. The molecule has 1 aliphatic heterocycles. The van der Waals surface area contributed by atoms with Gasteiger partial charge in [-0.25, -0.2) is 9.97 Å². The molecule has 0 unspecified atom stereocenters. The molecule has 0 spiro atoms. The van der Waals surface area contributed by atoms with Gasteiger partial charge in [0.1, 0.15) is 0 Å². The van der Waals surface area contributed by atoms with Crippen molar-refractivity contribution in [3.63, 3.8) is 0 Å². The number of halogens is 3. The van der Waals surface area contributed by atoms with Gasteiger partial charge in [0.2, 0.25) is 5.95 Å². The van der Waals surface area contributed by atoms with E-state index in [1.807, 2.05) is 19.9 Å². The molecule has 0 saturated heterocycles. The molecule has 0 atom stereocenters. The van der Waals surface area contributed by atoms with Crippen molar-refractivity contribution in [3.8, 4) is 11.3 Å². The third-order valence-corrected chi connectivity index (χ3v) is 4.92. The van der Waals surface area contributed by atoms with Crippen LogP contribution >= 0.6 is 12.2 Å². The van der Waals surface area contributed by atoms with Gasteiger partial charge in [-0.2, -0.15) is 13.2 Å². The van der Waals surface area contributed by atoms with Gasteiger partial charge < -0.3 is 10.6 Å². The molecular weight excluding hydrogens is 399 g/mol.